The zero-order valence-corrected chi connectivity index (χ0v) is 16.8. The van der Waals surface area contributed by atoms with Crippen molar-refractivity contribution in [2.45, 2.75) is 6.92 Å². The number of hydrogen-bond donors (Lipinski definition) is 0. The second-order valence-corrected chi connectivity index (χ2v) is 8.42. The van der Waals surface area contributed by atoms with E-state index in [4.69, 9.17) is 4.52 Å². The molecule has 0 saturated carbocycles. The Morgan fingerprint density at radius 2 is 0.857 bits per heavy atom. The van der Waals surface area contributed by atoms with Crippen molar-refractivity contribution in [2.75, 3.05) is 6.61 Å². The molecule has 1 nitrogen and oxygen atoms in total. The molecule has 0 N–H and O–H groups in total. The Kier molecular flexibility index (Phi) is 5.97. The molecule has 4 aromatic carbocycles. The van der Waals surface area contributed by atoms with Crippen LogP contribution in [0.4, 0.5) is 0 Å². The van der Waals surface area contributed by atoms with E-state index in [0.29, 0.717) is 6.61 Å². The van der Waals surface area contributed by atoms with Gasteiger partial charge in [0.05, 0.1) is 8.15 Å². The molecule has 0 atom stereocenters. The van der Waals surface area contributed by atoms with Crippen molar-refractivity contribution in [1.29, 1.82) is 0 Å². The van der Waals surface area contributed by atoms with Gasteiger partial charge in [0.2, 0.25) is 0 Å². The topological polar surface area (TPSA) is 9.23 Å². The van der Waals surface area contributed by atoms with Gasteiger partial charge in [0, 0.05) is 17.2 Å². The molecular weight excluding hydrogens is 359 g/mol. The smallest absolute Gasteiger partial charge is 0.0917 e. The Morgan fingerprint density at radius 1 is 0.500 bits per heavy atom. The second-order valence-electron chi connectivity index (χ2n) is 6.54. The molecule has 0 aliphatic heterocycles. The van der Waals surface area contributed by atoms with Gasteiger partial charge in [0.15, 0.2) is 0 Å². The van der Waals surface area contributed by atoms with Crippen LogP contribution in [0.2, 0.25) is 0 Å². The van der Waals surface area contributed by atoms with Gasteiger partial charge < -0.3 is 4.52 Å². The molecular formula is C26H23OP. The molecule has 0 spiro atoms. The van der Waals surface area contributed by atoms with Gasteiger partial charge >= 0.3 is 0 Å². The molecule has 4 aromatic rings. The van der Waals surface area contributed by atoms with Crippen LogP contribution in [-0.2, 0) is 4.52 Å². The van der Waals surface area contributed by atoms with Crippen molar-refractivity contribution in [2.24, 2.45) is 0 Å². The van der Waals surface area contributed by atoms with Crippen LogP contribution in [-0.4, -0.2) is 6.61 Å². The highest BCUT2D eigenvalue weighted by Gasteiger charge is 2.15. The van der Waals surface area contributed by atoms with E-state index in [1.807, 2.05) is 12.1 Å². The van der Waals surface area contributed by atoms with Crippen LogP contribution in [0.5, 0.6) is 0 Å². The van der Waals surface area contributed by atoms with Crippen molar-refractivity contribution in [1.82, 2.24) is 0 Å². The van der Waals surface area contributed by atoms with Crippen molar-refractivity contribution >= 4 is 18.8 Å². The quantitative estimate of drug-likeness (QED) is 0.350. The Morgan fingerprint density at radius 3 is 1.21 bits per heavy atom. The molecule has 0 heterocycles. The first-order valence-electron chi connectivity index (χ1n) is 9.59. The van der Waals surface area contributed by atoms with Gasteiger partial charge in [-0.25, -0.2) is 0 Å². The van der Waals surface area contributed by atoms with E-state index in [1.165, 1.54) is 32.9 Å². The molecule has 0 aliphatic carbocycles. The lowest BCUT2D eigenvalue weighted by atomic mass is 10.1. The fourth-order valence-electron chi connectivity index (χ4n) is 3.27. The summed E-state index contributed by atoms with van der Waals surface area (Å²) < 4.78 is 6.17. The van der Waals surface area contributed by atoms with Gasteiger partial charge in [-0.15, -0.1) is 0 Å². The van der Waals surface area contributed by atoms with E-state index >= 15 is 0 Å². The van der Waals surface area contributed by atoms with Crippen LogP contribution in [0.1, 0.15) is 6.92 Å². The molecule has 28 heavy (non-hydrogen) atoms. The molecule has 138 valence electrons. The minimum atomic E-state index is -0.814. The third-order valence-corrected chi connectivity index (χ3v) is 6.73. The van der Waals surface area contributed by atoms with Gasteiger partial charge in [-0.3, -0.25) is 0 Å². The maximum atomic E-state index is 6.17. The monoisotopic (exact) mass is 382 g/mol. The Balaban J connectivity index is 1.60. The molecule has 0 aromatic heterocycles. The lowest BCUT2D eigenvalue weighted by molar-refractivity contribution is 0.388. The standard InChI is InChI=1S/C26H23OP/c1-2-27-28(25-17-13-23(14-18-25)21-9-5-3-6-10-21)26-19-15-24(16-20-26)22-11-7-4-8-12-22/h3-20H,2H2,1H3. The van der Waals surface area contributed by atoms with Crippen molar-refractivity contribution < 1.29 is 4.52 Å². The fraction of sp³-hybridized carbons (Fsp3) is 0.0769. The first-order chi connectivity index (χ1) is 13.8. The number of benzene rings is 4. The van der Waals surface area contributed by atoms with E-state index in [0.717, 1.165) is 0 Å². The Hall–Kier alpha value is -2.73. The third kappa shape index (κ3) is 4.22. The van der Waals surface area contributed by atoms with Crippen LogP contribution in [0, 0.1) is 0 Å². The second kappa shape index (κ2) is 8.97. The van der Waals surface area contributed by atoms with Gasteiger partial charge in [-0.05, 0) is 29.2 Å². The Labute approximate surface area is 168 Å². The summed E-state index contributed by atoms with van der Waals surface area (Å²) in [6.07, 6.45) is 0. The van der Waals surface area contributed by atoms with Crippen LogP contribution in [0.25, 0.3) is 22.3 Å². The summed E-state index contributed by atoms with van der Waals surface area (Å²) >= 11 is 0. The summed E-state index contributed by atoms with van der Waals surface area (Å²) in [7, 11) is -0.814. The molecule has 0 saturated heterocycles. The highest BCUT2D eigenvalue weighted by atomic mass is 31.1. The van der Waals surface area contributed by atoms with Crippen molar-refractivity contribution in [3.63, 3.8) is 0 Å². The zero-order chi connectivity index (χ0) is 19.2. The molecule has 0 unspecified atom stereocenters. The first-order valence-corrected chi connectivity index (χ1v) is 10.8. The number of hydrogen-bond acceptors (Lipinski definition) is 1. The average molecular weight is 382 g/mol. The molecule has 0 radical (unpaired) electrons. The highest BCUT2D eigenvalue weighted by Crippen LogP contribution is 2.36. The van der Waals surface area contributed by atoms with Crippen LogP contribution in [0.3, 0.4) is 0 Å². The predicted octanol–water partition coefficient (Wildman–Crippen LogP) is 6.40. The van der Waals surface area contributed by atoms with E-state index in [9.17, 15) is 0 Å². The minimum Gasteiger partial charge on any atom is -0.350 e. The van der Waals surface area contributed by atoms with E-state index < -0.39 is 8.15 Å². The summed E-state index contributed by atoms with van der Waals surface area (Å²) in [5.41, 5.74) is 4.94. The molecule has 0 aliphatic rings. The van der Waals surface area contributed by atoms with Gasteiger partial charge in [-0.2, -0.15) is 0 Å². The van der Waals surface area contributed by atoms with Crippen molar-refractivity contribution in [3.8, 4) is 22.3 Å². The Bertz CT molecular complexity index is 911. The zero-order valence-electron chi connectivity index (χ0n) is 16.0. The first kappa shape index (κ1) is 18.6. The van der Waals surface area contributed by atoms with Gasteiger partial charge in [-0.1, -0.05) is 109 Å². The third-order valence-electron chi connectivity index (χ3n) is 4.68. The van der Waals surface area contributed by atoms with E-state index in [-0.39, 0.29) is 0 Å². The van der Waals surface area contributed by atoms with E-state index in [1.54, 1.807) is 0 Å². The SMILES string of the molecule is CCOP(c1ccc(-c2ccccc2)cc1)c1ccc(-c2ccccc2)cc1. The number of rotatable bonds is 6. The van der Waals surface area contributed by atoms with Crippen LogP contribution >= 0.6 is 8.15 Å². The van der Waals surface area contributed by atoms with E-state index in [2.05, 4.69) is 104 Å². The van der Waals surface area contributed by atoms with Gasteiger partial charge in [0.25, 0.3) is 0 Å². The summed E-state index contributed by atoms with van der Waals surface area (Å²) in [6.45, 7) is 2.76. The normalized spacial score (nSPS) is 10.9. The van der Waals surface area contributed by atoms with Crippen molar-refractivity contribution in [3.05, 3.63) is 109 Å². The molecule has 0 fully saturated rings. The molecule has 2 heteroatoms. The summed E-state index contributed by atoms with van der Waals surface area (Å²) in [5, 5.41) is 2.48. The maximum Gasteiger partial charge on any atom is 0.0917 e. The molecule has 0 bridgehead atoms. The lowest BCUT2D eigenvalue weighted by Gasteiger charge is -2.18. The highest BCUT2D eigenvalue weighted by molar-refractivity contribution is 7.68. The summed E-state index contributed by atoms with van der Waals surface area (Å²) in [5.74, 6) is 0. The minimum absolute atomic E-state index is 0.701. The maximum absolute atomic E-state index is 6.17. The fourth-order valence-corrected chi connectivity index (χ4v) is 4.96. The largest absolute Gasteiger partial charge is 0.350 e. The lowest BCUT2D eigenvalue weighted by Crippen LogP contribution is -2.13. The van der Waals surface area contributed by atoms with Crippen LogP contribution < -0.4 is 10.6 Å². The van der Waals surface area contributed by atoms with Crippen LogP contribution in [0.15, 0.2) is 109 Å². The van der Waals surface area contributed by atoms with Gasteiger partial charge in [0.1, 0.15) is 0 Å². The summed E-state index contributed by atoms with van der Waals surface area (Å²) in [6, 6.07) is 38.5. The average Bonchev–Trinajstić information content (AvgIpc) is 2.79. The summed E-state index contributed by atoms with van der Waals surface area (Å²) in [4.78, 5) is 0. The molecule has 4 rings (SSSR count). The predicted molar refractivity (Wildman–Crippen MR) is 122 cm³/mol. The molecule has 0 amide bonds.